The Hall–Kier alpha value is -3.93. The summed E-state index contributed by atoms with van der Waals surface area (Å²) in [4.78, 5) is 27.5. The molecule has 0 saturated carbocycles. The number of carbonyl (C=O) groups is 2. The average Bonchev–Trinajstić information content (AvgIpc) is 3.31. The normalized spacial score (nSPS) is 11.9. The van der Waals surface area contributed by atoms with Gasteiger partial charge < -0.3 is 14.8 Å². The zero-order chi connectivity index (χ0) is 24.6. The van der Waals surface area contributed by atoms with Gasteiger partial charge in [0.1, 0.15) is 5.52 Å². The number of aromatic nitrogens is 1. The molecule has 3 aromatic carbocycles. The second-order valence-corrected chi connectivity index (χ2v) is 8.70. The van der Waals surface area contributed by atoms with Gasteiger partial charge in [-0.25, -0.2) is 4.98 Å². The number of oxazole rings is 1. The topological polar surface area (TPSA) is 92.4 Å². The summed E-state index contributed by atoms with van der Waals surface area (Å²) >= 11 is 0. The number of aliphatic carboxylic acids is 1. The number of anilines is 1. The van der Waals surface area contributed by atoms with E-state index >= 15 is 0 Å². The minimum atomic E-state index is -0.877. The number of nitrogens with zero attached hydrogens (tertiary/aromatic N) is 1. The van der Waals surface area contributed by atoms with E-state index in [2.05, 4.69) is 29.4 Å². The number of hydrogen-bond donors (Lipinski definition) is 2. The van der Waals surface area contributed by atoms with E-state index < -0.39 is 5.97 Å². The van der Waals surface area contributed by atoms with Crippen LogP contribution in [0, 0.1) is 0 Å². The Balaban J connectivity index is 1.45. The lowest BCUT2D eigenvalue weighted by Gasteiger charge is -2.21. The fraction of sp³-hybridized carbons (Fsp3) is 0.276. The number of benzene rings is 3. The second-order valence-electron chi connectivity index (χ2n) is 8.70. The number of carboxylic acid groups (broad SMARTS) is 1. The van der Waals surface area contributed by atoms with Crippen LogP contribution < -0.4 is 5.32 Å². The zero-order valence-corrected chi connectivity index (χ0v) is 19.9. The molecule has 0 amide bonds. The van der Waals surface area contributed by atoms with Crippen molar-refractivity contribution in [2.24, 2.45) is 0 Å². The Labute approximate surface area is 205 Å². The van der Waals surface area contributed by atoms with Crippen LogP contribution in [0.3, 0.4) is 0 Å². The molecule has 0 spiro atoms. The van der Waals surface area contributed by atoms with Gasteiger partial charge in [0.05, 0.1) is 6.04 Å². The summed E-state index contributed by atoms with van der Waals surface area (Å²) in [6, 6.07) is 23.6. The smallest absolute Gasteiger partial charge is 0.303 e. The van der Waals surface area contributed by atoms with E-state index in [1.54, 1.807) is 12.1 Å². The van der Waals surface area contributed by atoms with E-state index in [9.17, 15) is 9.59 Å². The summed E-state index contributed by atoms with van der Waals surface area (Å²) < 4.78 is 5.90. The van der Waals surface area contributed by atoms with Crippen LogP contribution in [0.2, 0.25) is 0 Å². The van der Waals surface area contributed by atoms with Gasteiger partial charge in [-0.1, -0.05) is 44.0 Å². The molecule has 0 fully saturated rings. The van der Waals surface area contributed by atoms with Crippen LogP contribution in [0.1, 0.15) is 67.4 Å². The van der Waals surface area contributed by atoms with Crippen molar-refractivity contribution in [3.63, 3.8) is 0 Å². The molecule has 35 heavy (non-hydrogen) atoms. The molecule has 0 bridgehead atoms. The highest BCUT2D eigenvalue weighted by atomic mass is 16.4. The largest absolute Gasteiger partial charge is 0.481 e. The Morgan fingerprint density at radius 2 is 1.69 bits per heavy atom. The maximum atomic E-state index is 12.3. The number of rotatable bonds is 12. The summed E-state index contributed by atoms with van der Waals surface area (Å²) in [6.45, 7) is 2.18. The standard InChI is InChI=1S/C29H30N2O4/c1-2-3-7-24(30-23-18-16-21(17-19-23)26(32)9-6-11-28(33)34)20-12-14-22(15-13-20)29-31-25-8-4-5-10-27(25)35-29/h4-5,8,10,12-19,24,30H,2-3,6-7,9,11H2,1H3,(H,33,34)/t24-/m0/s1. The molecule has 0 unspecified atom stereocenters. The molecular weight excluding hydrogens is 440 g/mol. The molecule has 1 heterocycles. The SMILES string of the molecule is CCCC[C@H](Nc1ccc(C(=O)CCCC(=O)O)cc1)c1ccc(-c2nc3ccccc3o2)cc1. The number of carbonyl (C=O) groups excluding carboxylic acids is 1. The minimum Gasteiger partial charge on any atom is -0.481 e. The highest BCUT2D eigenvalue weighted by molar-refractivity contribution is 5.96. The van der Waals surface area contributed by atoms with Crippen molar-refractivity contribution in [3.05, 3.63) is 83.9 Å². The number of nitrogens with one attached hydrogen (secondary N) is 1. The summed E-state index contributed by atoms with van der Waals surface area (Å²) in [6.07, 6.45) is 3.77. The average molecular weight is 471 g/mol. The predicted molar refractivity (Wildman–Crippen MR) is 138 cm³/mol. The first-order valence-corrected chi connectivity index (χ1v) is 12.1. The number of carboxylic acids is 1. The Kier molecular flexibility index (Phi) is 7.93. The third-order valence-corrected chi connectivity index (χ3v) is 6.04. The fourth-order valence-corrected chi connectivity index (χ4v) is 4.08. The van der Waals surface area contributed by atoms with Gasteiger partial charge in [0.2, 0.25) is 5.89 Å². The van der Waals surface area contributed by atoms with Crippen LogP contribution in [0.5, 0.6) is 0 Å². The number of fused-ring (bicyclic) bond motifs is 1. The van der Waals surface area contributed by atoms with Crippen LogP contribution in [-0.2, 0) is 4.79 Å². The van der Waals surface area contributed by atoms with Crippen LogP contribution >= 0.6 is 0 Å². The van der Waals surface area contributed by atoms with Crippen LogP contribution in [0.25, 0.3) is 22.6 Å². The monoisotopic (exact) mass is 470 g/mol. The van der Waals surface area contributed by atoms with Gasteiger partial charge in [0.15, 0.2) is 11.4 Å². The van der Waals surface area contributed by atoms with E-state index in [4.69, 9.17) is 9.52 Å². The van der Waals surface area contributed by atoms with E-state index in [0.717, 1.165) is 41.6 Å². The molecule has 1 aromatic heterocycles. The molecule has 6 heteroatoms. The number of para-hydroxylation sites is 2. The molecule has 6 nitrogen and oxygen atoms in total. The first-order chi connectivity index (χ1) is 17.0. The maximum Gasteiger partial charge on any atom is 0.303 e. The van der Waals surface area contributed by atoms with Crippen molar-refractivity contribution in [3.8, 4) is 11.5 Å². The molecule has 2 N–H and O–H groups in total. The van der Waals surface area contributed by atoms with Crippen molar-refractivity contribution in [1.82, 2.24) is 4.98 Å². The first kappa shape index (κ1) is 24.2. The molecule has 0 aliphatic carbocycles. The van der Waals surface area contributed by atoms with Crippen molar-refractivity contribution >= 4 is 28.5 Å². The molecule has 0 aliphatic heterocycles. The van der Waals surface area contributed by atoms with Gasteiger partial charge >= 0.3 is 5.97 Å². The quantitative estimate of drug-likeness (QED) is 0.211. The van der Waals surface area contributed by atoms with Gasteiger partial charge in [-0.15, -0.1) is 0 Å². The highest BCUT2D eigenvalue weighted by Gasteiger charge is 2.14. The summed E-state index contributed by atoms with van der Waals surface area (Å²) in [5.74, 6) is -0.299. The molecule has 0 saturated heterocycles. The molecule has 4 rings (SSSR count). The number of Topliss-reactive ketones (excluding diaryl/α,β-unsaturated/α-hetero) is 1. The minimum absolute atomic E-state index is 0.00961. The maximum absolute atomic E-state index is 12.3. The number of hydrogen-bond acceptors (Lipinski definition) is 5. The van der Waals surface area contributed by atoms with E-state index in [0.29, 0.717) is 17.9 Å². The summed E-state index contributed by atoms with van der Waals surface area (Å²) in [5.41, 5.74) is 5.28. The van der Waals surface area contributed by atoms with Crippen molar-refractivity contribution in [2.75, 3.05) is 5.32 Å². The van der Waals surface area contributed by atoms with Gasteiger partial charge in [0.25, 0.3) is 0 Å². The zero-order valence-electron chi connectivity index (χ0n) is 19.9. The Morgan fingerprint density at radius 1 is 0.943 bits per heavy atom. The van der Waals surface area contributed by atoms with E-state index in [1.807, 2.05) is 48.5 Å². The summed E-state index contributed by atoms with van der Waals surface area (Å²) in [5, 5.41) is 12.4. The lowest BCUT2D eigenvalue weighted by molar-refractivity contribution is -0.137. The number of unbranched alkanes of at least 4 members (excludes halogenated alkanes) is 1. The molecule has 0 radical (unpaired) electrons. The lowest BCUT2D eigenvalue weighted by Crippen LogP contribution is -2.11. The van der Waals surface area contributed by atoms with Gasteiger partial charge in [-0.05, 0) is 66.9 Å². The second kappa shape index (κ2) is 11.5. The third kappa shape index (κ3) is 6.35. The highest BCUT2D eigenvalue weighted by Crippen LogP contribution is 2.29. The van der Waals surface area contributed by atoms with Crippen LogP contribution in [0.4, 0.5) is 5.69 Å². The molecular formula is C29H30N2O4. The van der Waals surface area contributed by atoms with Crippen LogP contribution in [-0.4, -0.2) is 21.8 Å². The van der Waals surface area contributed by atoms with Gasteiger partial charge in [-0.2, -0.15) is 0 Å². The Morgan fingerprint density at radius 3 is 2.37 bits per heavy atom. The number of ketones is 1. The molecule has 0 aliphatic rings. The van der Waals surface area contributed by atoms with Crippen LogP contribution in [0.15, 0.2) is 77.2 Å². The van der Waals surface area contributed by atoms with Crippen molar-refractivity contribution < 1.29 is 19.1 Å². The molecule has 180 valence electrons. The fourth-order valence-electron chi connectivity index (χ4n) is 4.08. The lowest BCUT2D eigenvalue weighted by atomic mass is 9.99. The third-order valence-electron chi connectivity index (χ3n) is 6.04. The van der Waals surface area contributed by atoms with Crippen molar-refractivity contribution in [1.29, 1.82) is 0 Å². The summed E-state index contributed by atoms with van der Waals surface area (Å²) in [7, 11) is 0. The van der Waals surface area contributed by atoms with E-state index in [-0.39, 0.29) is 24.7 Å². The first-order valence-electron chi connectivity index (χ1n) is 12.1. The van der Waals surface area contributed by atoms with Gasteiger partial charge in [0, 0.05) is 29.7 Å². The molecule has 1 atom stereocenters. The Bertz CT molecular complexity index is 1240. The predicted octanol–water partition coefficient (Wildman–Crippen LogP) is 7.28. The molecule has 4 aromatic rings. The van der Waals surface area contributed by atoms with Gasteiger partial charge in [-0.3, -0.25) is 9.59 Å². The van der Waals surface area contributed by atoms with Crippen molar-refractivity contribution in [2.45, 2.75) is 51.5 Å². The van der Waals surface area contributed by atoms with E-state index in [1.165, 1.54) is 5.56 Å².